The molecule has 102 valence electrons. The fraction of sp³-hybridized carbons (Fsp3) is 0.111. The minimum absolute atomic E-state index is 0.693. The highest BCUT2D eigenvalue weighted by Gasteiger charge is 2.18. The van der Waals surface area contributed by atoms with Crippen molar-refractivity contribution >= 4 is 21.1 Å². The Morgan fingerprint density at radius 2 is 1.45 bits per heavy atom. The first-order valence-corrected chi connectivity index (χ1v) is 8.84. The molecule has 1 nitrogen and oxygen atoms in total. The largest absolute Gasteiger partial charge is 0.347 e. The maximum Gasteiger partial charge on any atom is 0.0284 e. The molecule has 0 aliphatic rings. The molecule has 20 heavy (non-hydrogen) atoms. The maximum absolute atomic E-state index is 10.9. The van der Waals surface area contributed by atoms with Gasteiger partial charge in [-0.05, 0) is 34.7 Å². The Hall–Kier alpha value is -1.77. The van der Waals surface area contributed by atoms with Crippen LogP contribution in [0.2, 0.25) is 0 Å². The third-order valence-corrected chi connectivity index (χ3v) is 5.73. The molecule has 3 rings (SSSR count). The molecular weight excluding hydrogens is 264 g/mol. The molecule has 0 saturated carbocycles. The summed E-state index contributed by atoms with van der Waals surface area (Å²) >= 11 is 0. The minimum atomic E-state index is -1.80. The number of rotatable bonds is 3. The van der Waals surface area contributed by atoms with E-state index < -0.39 is 10.3 Å². The van der Waals surface area contributed by atoms with Crippen LogP contribution in [0.25, 0.3) is 10.8 Å². The van der Waals surface area contributed by atoms with Crippen molar-refractivity contribution in [3.05, 3.63) is 78.4 Å². The summed E-state index contributed by atoms with van der Waals surface area (Å²) in [5.41, 5.74) is 1.21. The lowest BCUT2D eigenvalue weighted by molar-refractivity contribution is 0.629. The summed E-state index contributed by atoms with van der Waals surface area (Å²) in [7, 11) is -1.80. The predicted molar refractivity (Wildman–Crippen MR) is 88.5 cm³/mol. The second-order valence-electron chi connectivity index (χ2n) is 5.14. The zero-order chi connectivity index (χ0) is 14.0. The molecule has 0 amide bonds. The number of fused-ring (bicyclic) bond motifs is 1. The Kier molecular flexibility index (Phi) is 3.51. The van der Waals surface area contributed by atoms with Gasteiger partial charge >= 0.3 is 0 Å². The van der Waals surface area contributed by atoms with Gasteiger partial charge in [0.1, 0.15) is 0 Å². The lowest BCUT2D eigenvalue weighted by atomic mass is 10.1. The first-order chi connectivity index (χ1) is 9.67. The summed E-state index contributed by atoms with van der Waals surface area (Å²) in [6.45, 7) is 0. The van der Waals surface area contributed by atoms with Crippen LogP contribution < -0.4 is 0 Å². The van der Waals surface area contributed by atoms with Crippen molar-refractivity contribution in [2.45, 2.75) is 10.6 Å². The van der Waals surface area contributed by atoms with Crippen LogP contribution in [0.3, 0.4) is 0 Å². The summed E-state index contributed by atoms with van der Waals surface area (Å²) in [6, 6.07) is 24.6. The molecule has 1 atom stereocenters. The third-order valence-electron chi connectivity index (χ3n) is 3.57. The van der Waals surface area contributed by atoms with E-state index in [2.05, 4.69) is 36.4 Å². The zero-order valence-corrected chi connectivity index (χ0v) is 12.3. The smallest absolute Gasteiger partial charge is 0.0284 e. The molecule has 3 aromatic rings. The van der Waals surface area contributed by atoms with Crippen LogP contribution in [0, 0.1) is 0 Å². The van der Waals surface area contributed by atoms with Crippen LogP contribution in [0.5, 0.6) is 0 Å². The van der Waals surface area contributed by atoms with Crippen molar-refractivity contribution in [2.75, 3.05) is 6.26 Å². The minimum Gasteiger partial charge on any atom is -0.347 e. The van der Waals surface area contributed by atoms with E-state index in [4.69, 9.17) is 0 Å². The Balaban J connectivity index is 2.01. The summed E-state index contributed by atoms with van der Waals surface area (Å²) in [5, 5.41) is 2.46. The molecule has 0 radical (unpaired) electrons. The average molecular weight is 282 g/mol. The van der Waals surface area contributed by atoms with E-state index >= 15 is 0 Å². The van der Waals surface area contributed by atoms with E-state index in [1.807, 2.05) is 42.7 Å². The first-order valence-electron chi connectivity index (χ1n) is 6.67. The lowest BCUT2D eigenvalue weighted by Crippen LogP contribution is -2.01. The van der Waals surface area contributed by atoms with Gasteiger partial charge in [-0.25, -0.2) is 0 Å². The van der Waals surface area contributed by atoms with E-state index in [1.165, 1.54) is 16.3 Å². The SMILES string of the molecule is CS(O)(Cc1cccc2ccccc12)c1ccccc1. The van der Waals surface area contributed by atoms with Crippen molar-refractivity contribution in [1.82, 2.24) is 0 Å². The maximum atomic E-state index is 10.9. The van der Waals surface area contributed by atoms with Crippen LogP contribution in [0.4, 0.5) is 0 Å². The van der Waals surface area contributed by atoms with Crippen molar-refractivity contribution in [2.24, 2.45) is 0 Å². The molecule has 2 heteroatoms. The zero-order valence-electron chi connectivity index (χ0n) is 11.5. The van der Waals surface area contributed by atoms with Gasteiger partial charge in [-0.2, -0.15) is 0 Å². The highest BCUT2D eigenvalue weighted by atomic mass is 32.3. The molecule has 0 saturated heterocycles. The number of benzene rings is 3. The topological polar surface area (TPSA) is 20.2 Å². The van der Waals surface area contributed by atoms with Crippen LogP contribution >= 0.6 is 10.3 Å². The first kappa shape index (κ1) is 13.2. The van der Waals surface area contributed by atoms with Gasteiger partial charge in [0.15, 0.2) is 0 Å². The second-order valence-corrected chi connectivity index (χ2v) is 7.98. The van der Waals surface area contributed by atoms with Crippen LogP contribution in [0.15, 0.2) is 77.7 Å². The molecule has 0 bridgehead atoms. The van der Waals surface area contributed by atoms with Gasteiger partial charge in [0.05, 0.1) is 0 Å². The van der Waals surface area contributed by atoms with E-state index in [9.17, 15) is 4.55 Å². The van der Waals surface area contributed by atoms with Gasteiger partial charge in [0.2, 0.25) is 0 Å². The molecule has 0 fully saturated rings. The highest BCUT2D eigenvalue weighted by molar-refractivity contribution is 8.27. The Morgan fingerprint density at radius 1 is 0.800 bits per heavy atom. The highest BCUT2D eigenvalue weighted by Crippen LogP contribution is 2.51. The standard InChI is InChI=1S/C18H18OS/c1-20(19,17-11-3-2-4-12-17)14-16-10-7-9-15-8-5-6-13-18(15)16/h2-13,19H,14H2,1H3. The van der Waals surface area contributed by atoms with Gasteiger partial charge in [0, 0.05) is 10.6 Å². The van der Waals surface area contributed by atoms with Gasteiger partial charge in [-0.3, -0.25) is 0 Å². The second kappa shape index (κ2) is 5.31. The lowest BCUT2D eigenvalue weighted by Gasteiger charge is -2.30. The molecule has 0 aromatic heterocycles. The molecule has 3 aromatic carbocycles. The van der Waals surface area contributed by atoms with E-state index in [-0.39, 0.29) is 0 Å². The van der Waals surface area contributed by atoms with Crippen LogP contribution in [-0.4, -0.2) is 10.8 Å². The van der Waals surface area contributed by atoms with Gasteiger partial charge in [-0.15, -0.1) is 10.3 Å². The molecule has 0 aliphatic carbocycles. The van der Waals surface area contributed by atoms with E-state index in [0.717, 1.165) is 4.90 Å². The molecule has 0 aliphatic heterocycles. The molecular formula is C18H18OS. The Morgan fingerprint density at radius 3 is 2.25 bits per heavy atom. The fourth-order valence-corrected chi connectivity index (χ4v) is 4.29. The Labute approximate surface area is 121 Å². The van der Waals surface area contributed by atoms with Crippen molar-refractivity contribution < 1.29 is 4.55 Å². The fourth-order valence-electron chi connectivity index (χ4n) is 2.52. The molecule has 1 N–H and O–H groups in total. The number of hydrogen-bond acceptors (Lipinski definition) is 1. The summed E-state index contributed by atoms with van der Waals surface area (Å²) in [4.78, 5) is 1.04. The monoisotopic (exact) mass is 282 g/mol. The number of hydrogen-bond donors (Lipinski definition) is 1. The van der Waals surface area contributed by atoms with Crippen molar-refractivity contribution in [3.63, 3.8) is 0 Å². The van der Waals surface area contributed by atoms with Crippen molar-refractivity contribution in [1.29, 1.82) is 0 Å². The average Bonchev–Trinajstić information content (AvgIpc) is 2.48. The van der Waals surface area contributed by atoms with E-state index in [1.54, 1.807) is 0 Å². The summed E-state index contributed by atoms with van der Waals surface area (Å²) in [6.07, 6.45) is 1.96. The van der Waals surface area contributed by atoms with Gasteiger partial charge in [-0.1, -0.05) is 60.7 Å². The normalized spacial score (nSPS) is 15.7. The molecule has 0 spiro atoms. The predicted octanol–water partition coefficient (Wildman–Crippen LogP) is 5.31. The van der Waals surface area contributed by atoms with Crippen LogP contribution in [0.1, 0.15) is 5.56 Å². The van der Waals surface area contributed by atoms with Gasteiger partial charge in [0.25, 0.3) is 0 Å². The Bertz CT molecular complexity index is 714. The quantitative estimate of drug-likeness (QED) is 0.690. The summed E-state index contributed by atoms with van der Waals surface area (Å²) < 4.78 is 10.9. The third kappa shape index (κ3) is 2.58. The summed E-state index contributed by atoms with van der Waals surface area (Å²) in [5.74, 6) is 0.693. The van der Waals surface area contributed by atoms with Crippen LogP contribution in [-0.2, 0) is 5.75 Å². The molecule has 1 unspecified atom stereocenters. The van der Waals surface area contributed by atoms with E-state index in [0.29, 0.717) is 5.75 Å². The van der Waals surface area contributed by atoms with Gasteiger partial charge < -0.3 is 4.55 Å². The molecule has 0 heterocycles. The van der Waals surface area contributed by atoms with Crippen molar-refractivity contribution in [3.8, 4) is 0 Å².